The maximum absolute atomic E-state index is 12.8. The smallest absolute Gasteiger partial charge is 0.212 e. The van der Waals surface area contributed by atoms with Gasteiger partial charge in [0, 0.05) is 49.7 Å². The fourth-order valence-electron chi connectivity index (χ4n) is 2.30. The summed E-state index contributed by atoms with van der Waals surface area (Å²) in [6, 6.07) is 3.17. The van der Waals surface area contributed by atoms with E-state index in [0.29, 0.717) is 4.77 Å². The third-order valence-electron chi connectivity index (χ3n) is 3.25. The highest BCUT2D eigenvalue weighted by Crippen LogP contribution is 2.17. The average Bonchev–Trinajstić information content (AvgIpc) is 2.42. The molecule has 0 amide bonds. The Balaban J connectivity index is 1.73. The lowest BCUT2D eigenvalue weighted by atomic mass is 10.1. The van der Waals surface area contributed by atoms with E-state index in [-0.39, 0.29) is 0 Å². The van der Waals surface area contributed by atoms with Gasteiger partial charge in [0.15, 0.2) is 4.77 Å². The average molecular weight is 276 g/mol. The Kier molecular flexibility index (Phi) is 3.35. The molecule has 1 aliphatic rings. The molecular formula is C13H13FN4S. The number of fused-ring (bicyclic) bond motifs is 1. The van der Waals surface area contributed by atoms with E-state index in [1.54, 1.807) is 12.3 Å². The van der Waals surface area contributed by atoms with Gasteiger partial charge in [-0.15, -0.1) is 0 Å². The summed E-state index contributed by atoms with van der Waals surface area (Å²) in [6.45, 7) is 2.54. The summed E-state index contributed by atoms with van der Waals surface area (Å²) in [4.78, 5) is 13.2. The fraction of sp³-hybridized carbons (Fsp3) is 0.308. The van der Waals surface area contributed by atoms with Crippen LogP contribution in [0, 0.1) is 10.7 Å². The predicted molar refractivity (Wildman–Crippen MR) is 71.4 cm³/mol. The molecule has 19 heavy (non-hydrogen) atoms. The minimum Gasteiger partial charge on any atom is -0.334 e. The molecule has 0 atom stereocenters. The zero-order chi connectivity index (χ0) is 13.2. The first-order valence-electron chi connectivity index (χ1n) is 6.10. The van der Waals surface area contributed by atoms with E-state index in [4.69, 9.17) is 12.2 Å². The van der Waals surface area contributed by atoms with Crippen LogP contribution < -0.4 is 0 Å². The lowest BCUT2D eigenvalue weighted by Gasteiger charge is -2.28. The zero-order valence-electron chi connectivity index (χ0n) is 10.3. The Bertz CT molecular complexity index is 638. The first kappa shape index (κ1) is 12.4. The third kappa shape index (κ3) is 2.85. The highest BCUT2D eigenvalue weighted by molar-refractivity contribution is 7.71. The number of H-pyrrole nitrogens is 1. The molecular weight excluding hydrogens is 263 g/mol. The van der Waals surface area contributed by atoms with Crippen molar-refractivity contribution >= 4 is 12.2 Å². The molecule has 0 spiro atoms. The summed E-state index contributed by atoms with van der Waals surface area (Å²) < 4.78 is 13.3. The molecule has 0 radical (unpaired) electrons. The van der Waals surface area contributed by atoms with Gasteiger partial charge in [-0.25, -0.2) is 9.97 Å². The summed E-state index contributed by atoms with van der Waals surface area (Å²) in [5, 5.41) is 0. The fourth-order valence-corrected chi connectivity index (χ4v) is 2.47. The number of hydrogen-bond acceptors (Lipinski definition) is 4. The Labute approximate surface area is 115 Å². The van der Waals surface area contributed by atoms with Gasteiger partial charge in [0.2, 0.25) is 5.95 Å². The summed E-state index contributed by atoms with van der Waals surface area (Å²) in [7, 11) is 0. The maximum Gasteiger partial charge on any atom is 0.212 e. The van der Waals surface area contributed by atoms with Crippen molar-refractivity contribution in [2.24, 2.45) is 0 Å². The van der Waals surface area contributed by atoms with E-state index >= 15 is 0 Å². The van der Waals surface area contributed by atoms with Crippen LogP contribution in [0.1, 0.15) is 16.8 Å². The monoisotopic (exact) mass is 276 g/mol. The van der Waals surface area contributed by atoms with Crippen LogP contribution in [0.15, 0.2) is 24.5 Å². The Morgan fingerprint density at radius 1 is 1.32 bits per heavy atom. The quantitative estimate of drug-likeness (QED) is 0.675. The Morgan fingerprint density at radius 3 is 3.00 bits per heavy atom. The molecule has 0 unspecified atom stereocenters. The van der Waals surface area contributed by atoms with Crippen LogP contribution in [-0.2, 0) is 19.5 Å². The number of hydrogen-bond donors (Lipinski definition) is 1. The van der Waals surface area contributed by atoms with Crippen molar-refractivity contribution in [1.82, 2.24) is 19.9 Å². The van der Waals surface area contributed by atoms with Gasteiger partial charge in [0.25, 0.3) is 0 Å². The van der Waals surface area contributed by atoms with Crippen LogP contribution in [0.3, 0.4) is 0 Å². The largest absolute Gasteiger partial charge is 0.334 e. The van der Waals surface area contributed by atoms with Gasteiger partial charge in [0.05, 0.1) is 0 Å². The van der Waals surface area contributed by atoms with E-state index in [0.717, 1.165) is 31.6 Å². The van der Waals surface area contributed by atoms with Gasteiger partial charge >= 0.3 is 0 Å². The van der Waals surface area contributed by atoms with Gasteiger partial charge in [-0.3, -0.25) is 4.90 Å². The third-order valence-corrected chi connectivity index (χ3v) is 3.46. The van der Waals surface area contributed by atoms with E-state index < -0.39 is 5.95 Å². The van der Waals surface area contributed by atoms with Crippen molar-refractivity contribution < 1.29 is 4.39 Å². The van der Waals surface area contributed by atoms with Crippen molar-refractivity contribution in [2.75, 3.05) is 6.54 Å². The molecule has 0 saturated heterocycles. The van der Waals surface area contributed by atoms with Crippen LogP contribution in [0.2, 0.25) is 0 Å². The van der Waals surface area contributed by atoms with E-state index in [1.807, 2.05) is 6.20 Å². The van der Waals surface area contributed by atoms with Gasteiger partial charge in [-0.1, -0.05) is 6.07 Å². The molecule has 1 aliphatic heterocycles. The number of nitrogens with one attached hydrogen (secondary N) is 1. The topological polar surface area (TPSA) is 44.8 Å². The number of rotatable bonds is 2. The predicted octanol–water partition coefficient (Wildman–Crippen LogP) is 2.23. The normalized spacial score (nSPS) is 15.2. The van der Waals surface area contributed by atoms with Crippen molar-refractivity contribution in [3.63, 3.8) is 0 Å². The summed E-state index contributed by atoms with van der Waals surface area (Å²) in [5.41, 5.74) is 3.37. The molecule has 0 aliphatic carbocycles. The number of aromatic amines is 1. The van der Waals surface area contributed by atoms with Crippen LogP contribution in [0.5, 0.6) is 0 Å². The minimum absolute atomic E-state index is 0.440. The first-order chi connectivity index (χ1) is 9.20. The molecule has 2 aromatic heterocycles. The second-order valence-corrected chi connectivity index (χ2v) is 5.03. The van der Waals surface area contributed by atoms with Gasteiger partial charge in [-0.2, -0.15) is 4.39 Å². The highest BCUT2D eigenvalue weighted by atomic mass is 32.1. The van der Waals surface area contributed by atoms with Gasteiger partial charge in [-0.05, 0) is 23.8 Å². The zero-order valence-corrected chi connectivity index (χ0v) is 11.1. The Morgan fingerprint density at radius 2 is 2.21 bits per heavy atom. The summed E-state index contributed by atoms with van der Waals surface area (Å²) in [5.74, 6) is -0.440. The second kappa shape index (κ2) is 5.14. The number of pyridine rings is 1. The first-order valence-corrected chi connectivity index (χ1v) is 6.51. The molecule has 6 heteroatoms. The van der Waals surface area contributed by atoms with Crippen LogP contribution in [-0.4, -0.2) is 26.4 Å². The molecule has 4 nitrogen and oxygen atoms in total. The number of aromatic nitrogens is 3. The summed E-state index contributed by atoms with van der Waals surface area (Å²) >= 11 is 5.02. The molecule has 3 heterocycles. The lowest BCUT2D eigenvalue weighted by Crippen LogP contribution is -2.30. The molecule has 0 fully saturated rings. The standard InChI is InChI=1S/C13H13FN4S/c14-12-2-1-9(5-15-12)7-18-4-3-11-10(8-18)6-16-13(19)17-11/h1-2,5-6H,3-4,7-8H2,(H,16,17,19). The lowest BCUT2D eigenvalue weighted by molar-refractivity contribution is 0.242. The van der Waals surface area contributed by atoms with E-state index in [9.17, 15) is 4.39 Å². The number of nitrogens with zero attached hydrogens (tertiary/aromatic N) is 3. The molecule has 3 rings (SSSR count). The SMILES string of the molecule is Fc1ccc(CN2CCc3[nH]c(=S)ncc3C2)cn1. The summed E-state index contributed by atoms with van der Waals surface area (Å²) in [6.07, 6.45) is 4.35. The van der Waals surface area contributed by atoms with Gasteiger partial charge < -0.3 is 4.98 Å². The maximum atomic E-state index is 12.8. The highest BCUT2D eigenvalue weighted by Gasteiger charge is 2.17. The van der Waals surface area contributed by atoms with Crippen LogP contribution in [0.25, 0.3) is 0 Å². The minimum atomic E-state index is -0.440. The second-order valence-electron chi connectivity index (χ2n) is 4.64. The molecule has 1 N–H and O–H groups in total. The van der Waals surface area contributed by atoms with Crippen LogP contribution in [0.4, 0.5) is 4.39 Å². The molecule has 2 aromatic rings. The molecule has 98 valence electrons. The van der Waals surface area contributed by atoms with E-state index in [1.165, 1.54) is 17.3 Å². The van der Waals surface area contributed by atoms with E-state index in [2.05, 4.69) is 19.9 Å². The van der Waals surface area contributed by atoms with Crippen molar-refractivity contribution in [3.05, 3.63) is 52.1 Å². The molecule has 0 bridgehead atoms. The van der Waals surface area contributed by atoms with Crippen molar-refractivity contribution in [3.8, 4) is 0 Å². The molecule has 0 saturated carbocycles. The number of halogens is 1. The molecule has 0 aromatic carbocycles. The van der Waals surface area contributed by atoms with Crippen molar-refractivity contribution in [2.45, 2.75) is 19.5 Å². The van der Waals surface area contributed by atoms with Crippen molar-refractivity contribution in [1.29, 1.82) is 0 Å². The van der Waals surface area contributed by atoms with Gasteiger partial charge in [0.1, 0.15) is 0 Å². The Hall–Kier alpha value is -1.66. The van der Waals surface area contributed by atoms with Crippen LogP contribution >= 0.6 is 12.2 Å².